The van der Waals surface area contributed by atoms with E-state index in [0.29, 0.717) is 12.0 Å². The molecule has 1 fully saturated rings. The van der Waals surface area contributed by atoms with Gasteiger partial charge in [0, 0.05) is 30.6 Å². The second-order valence-corrected chi connectivity index (χ2v) is 5.36. The summed E-state index contributed by atoms with van der Waals surface area (Å²) in [4.78, 5) is 9.31. The number of methoxy groups -OCH3 is 1. The molecule has 1 heterocycles. The first-order valence-electron chi connectivity index (χ1n) is 6.89. The summed E-state index contributed by atoms with van der Waals surface area (Å²) in [6.07, 6.45) is 8.07. The number of hydrogen-bond donors (Lipinski definition) is 1. The molecule has 0 spiro atoms. The van der Waals surface area contributed by atoms with Crippen LogP contribution in [0.1, 0.15) is 54.9 Å². The zero-order chi connectivity index (χ0) is 12.5. The first-order valence-corrected chi connectivity index (χ1v) is 6.89. The van der Waals surface area contributed by atoms with E-state index in [1.165, 1.54) is 36.9 Å². The van der Waals surface area contributed by atoms with Crippen LogP contribution in [0.3, 0.4) is 0 Å². The van der Waals surface area contributed by atoms with Gasteiger partial charge < -0.3 is 10.1 Å². The number of fused-ring (bicyclic) bond motifs is 1. The highest BCUT2D eigenvalue weighted by atomic mass is 16.5. The molecule has 0 amide bonds. The molecule has 3 rings (SSSR count). The number of ether oxygens (including phenoxy) is 1. The second-order valence-electron chi connectivity index (χ2n) is 5.36. The van der Waals surface area contributed by atoms with Gasteiger partial charge in [-0.2, -0.15) is 0 Å². The zero-order valence-corrected chi connectivity index (χ0v) is 11.1. The lowest BCUT2D eigenvalue weighted by Gasteiger charge is -2.25. The van der Waals surface area contributed by atoms with Crippen LogP contribution in [-0.2, 0) is 11.2 Å². The van der Waals surface area contributed by atoms with Gasteiger partial charge in [0.05, 0.1) is 0 Å². The van der Waals surface area contributed by atoms with Crippen LogP contribution in [0.15, 0.2) is 6.20 Å². The van der Waals surface area contributed by atoms with E-state index in [-0.39, 0.29) is 6.10 Å². The highest BCUT2D eigenvalue weighted by Crippen LogP contribution is 2.42. The van der Waals surface area contributed by atoms with Crippen LogP contribution in [0, 0.1) is 5.92 Å². The van der Waals surface area contributed by atoms with Crippen LogP contribution < -0.4 is 5.32 Å². The van der Waals surface area contributed by atoms with Crippen molar-refractivity contribution in [1.82, 2.24) is 15.3 Å². The average Bonchev–Trinajstić information content (AvgIpc) is 3.23. The Bertz CT molecular complexity index is 431. The first-order chi connectivity index (χ1) is 8.83. The van der Waals surface area contributed by atoms with Crippen LogP contribution in [0.25, 0.3) is 0 Å². The minimum Gasteiger partial charge on any atom is -0.373 e. The topological polar surface area (TPSA) is 47.0 Å². The van der Waals surface area contributed by atoms with E-state index in [9.17, 15) is 0 Å². The number of hydrogen-bond acceptors (Lipinski definition) is 4. The van der Waals surface area contributed by atoms with Crippen LogP contribution in [0.4, 0.5) is 0 Å². The highest BCUT2D eigenvalue weighted by molar-refractivity contribution is 5.25. The Morgan fingerprint density at radius 3 is 2.89 bits per heavy atom. The molecule has 1 aromatic heterocycles. The summed E-state index contributed by atoms with van der Waals surface area (Å²) >= 11 is 0. The van der Waals surface area contributed by atoms with Gasteiger partial charge in [-0.1, -0.05) is 0 Å². The Kier molecular flexibility index (Phi) is 3.31. The predicted molar refractivity (Wildman–Crippen MR) is 69.2 cm³/mol. The third-order valence-corrected chi connectivity index (χ3v) is 4.11. The smallest absolute Gasteiger partial charge is 0.157 e. The van der Waals surface area contributed by atoms with Gasteiger partial charge in [-0.05, 0) is 45.1 Å². The van der Waals surface area contributed by atoms with Crippen molar-refractivity contribution in [3.63, 3.8) is 0 Å². The SMILES string of the molecule is CNC1CCCc2nc(C(OC)C3CC3)ncc21. The molecule has 2 aliphatic carbocycles. The standard InChI is InChI=1S/C14H21N3O/c1-15-11-4-3-5-12-10(11)8-16-14(17-12)13(18-2)9-6-7-9/h8-9,11,13,15H,3-7H2,1-2H3. The molecule has 1 N–H and O–H groups in total. The van der Waals surface area contributed by atoms with E-state index < -0.39 is 0 Å². The lowest BCUT2D eigenvalue weighted by atomic mass is 9.92. The summed E-state index contributed by atoms with van der Waals surface area (Å²) in [5.41, 5.74) is 2.49. The summed E-state index contributed by atoms with van der Waals surface area (Å²) in [6, 6.07) is 0.421. The maximum Gasteiger partial charge on any atom is 0.157 e. The number of aryl methyl sites for hydroxylation is 1. The summed E-state index contributed by atoms with van der Waals surface area (Å²) in [5.74, 6) is 1.52. The maximum atomic E-state index is 5.56. The summed E-state index contributed by atoms with van der Waals surface area (Å²) < 4.78 is 5.56. The molecule has 0 bridgehead atoms. The van der Waals surface area contributed by atoms with E-state index in [0.717, 1.165) is 12.2 Å². The van der Waals surface area contributed by atoms with Gasteiger partial charge in [0.2, 0.25) is 0 Å². The number of nitrogens with zero attached hydrogens (tertiary/aromatic N) is 2. The van der Waals surface area contributed by atoms with Crippen molar-refractivity contribution in [2.75, 3.05) is 14.2 Å². The highest BCUT2D eigenvalue weighted by Gasteiger charge is 2.35. The fourth-order valence-electron chi connectivity index (χ4n) is 2.91. The fourth-order valence-corrected chi connectivity index (χ4v) is 2.91. The molecule has 4 nitrogen and oxygen atoms in total. The Hall–Kier alpha value is -1.00. The van der Waals surface area contributed by atoms with Crippen molar-refractivity contribution < 1.29 is 4.74 Å². The average molecular weight is 247 g/mol. The van der Waals surface area contributed by atoms with Crippen LogP contribution >= 0.6 is 0 Å². The molecule has 18 heavy (non-hydrogen) atoms. The van der Waals surface area contributed by atoms with Gasteiger partial charge in [0.15, 0.2) is 5.82 Å². The second kappa shape index (κ2) is 4.94. The zero-order valence-electron chi connectivity index (χ0n) is 11.1. The maximum absolute atomic E-state index is 5.56. The van der Waals surface area contributed by atoms with Crippen molar-refractivity contribution in [2.45, 2.75) is 44.2 Å². The molecule has 0 radical (unpaired) electrons. The third-order valence-electron chi connectivity index (χ3n) is 4.11. The molecule has 0 saturated heterocycles. The van der Waals surface area contributed by atoms with Gasteiger partial charge in [-0.3, -0.25) is 0 Å². The van der Waals surface area contributed by atoms with E-state index in [4.69, 9.17) is 9.72 Å². The Balaban J connectivity index is 1.90. The van der Waals surface area contributed by atoms with Crippen molar-refractivity contribution in [2.24, 2.45) is 5.92 Å². The van der Waals surface area contributed by atoms with Gasteiger partial charge in [0.1, 0.15) is 6.10 Å². The molecule has 0 aromatic carbocycles. The number of rotatable bonds is 4. The van der Waals surface area contributed by atoms with E-state index in [1.807, 2.05) is 13.2 Å². The lowest BCUT2D eigenvalue weighted by molar-refractivity contribution is 0.0768. The van der Waals surface area contributed by atoms with Crippen molar-refractivity contribution in [1.29, 1.82) is 0 Å². The van der Waals surface area contributed by atoms with Crippen molar-refractivity contribution in [3.8, 4) is 0 Å². The normalized spacial score (nSPS) is 24.7. The molecule has 1 saturated carbocycles. The van der Waals surface area contributed by atoms with Crippen LogP contribution in [0.5, 0.6) is 0 Å². The largest absolute Gasteiger partial charge is 0.373 e. The van der Waals surface area contributed by atoms with Crippen molar-refractivity contribution in [3.05, 3.63) is 23.3 Å². The van der Waals surface area contributed by atoms with E-state index in [1.54, 1.807) is 7.11 Å². The quantitative estimate of drug-likeness (QED) is 0.885. The first kappa shape index (κ1) is 12.1. The molecule has 2 unspecified atom stereocenters. The molecule has 2 aliphatic rings. The van der Waals surface area contributed by atoms with Crippen LogP contribution in [0.2, 0.25) is 0 Å². The monoisotopic (exact) mass is 247 g/mol. The molecule has 1 aromatic rings. The third kappa shape index (κ3) is 2.15. The molecule has 4 heteroatoms. The predicted octanol–water partition coefficient (Wildman–Crippen LogP) is 2.17. The molecule has 0 aliphatic heterocycles. The Morgan fingerprint density at radius 1 is 1.39 bits per heavy atom. The fraction of sp³-hybridized carbons (Fsp3) is 0.714. The van der Waals surface area contributed by atoms with Gasteiger partial charge in [-0.25, -0.2) is 9.97 Å². The lowest BCUT2D eigenvalue weighted by Crippen LogP contribution is -2.24. The molecular formula is C14H21N3O. The molecule has 98 valence electrons. The van der Waals surface area contributed by atoms with Crippen molar-refractivity contribution >= 4 is 0 Å². The summed E-state index contributed by atoms with van der Waals surface area (Å²) in [6.45, 7) is 0. The van der Waals surface area contributed by atoms with E-state index >= 15 is 0 Å². The van der Waals surface area contributed by atoms with Gasteiger partial charge >= 0.3 is 0 Å². The molecular weight excluding hydrogens is 226 g/mol. The summed E-state index contributed by atoms with van der Waals surface area (Å²) in [7, 11) is 3.78. The number of nitrogens with one attached hydrogen (secondary N) is 1. The van der Waals surface area contributed by atoms with E-state index in [2.05, 4.69) is 10.3 Å². The summed E-state index contributed by atoms with van der Waals surface area (Å²) in [5, 5.41) is 3.35. The number of aromatic nitrogens is 2. The van der Waals surface area contributed by atoms with Gasteiger partial charge in [0.25, 0.3) is 0 Å². The Labute approximate surface area is 108 Å². The molecule has 2 atom stereocenters. The van der Waals surface area contributed by atoms with Crippen LogP contribution in [-0.4, -0.2) is 24.1 Å². The minimum absolute atomic E-state index is 0.102. The Morgan fingerprint density at radius 2 is 2.22 bits per heavy atom. The minimum atomic E-state index is 0.102. The van der Waals surface area contributed by atoms with Gasteiger partial charge in [-0.15, -0.1) is 0 Å².